The van der Waals surface area contributed by atoms with Gasteiger partial charge in [0.1, 0.15) is 23.8 Å². The molecule has 0 aliphatic heterocycles. The van der Waals surface area contributed by atoms with Crippen LogP contribution in [0.2, 0.25) is 5.02 Å². The number of benzene rings is 1. The van der Waals surface area contributed by atoms with Crippen LogP contribution in [0.3, 0.4) is 0 Å². The average Bonchev–Trinajstić information content (AvgIpc) is 2.32. The molecular weight excluding hydrogens is 326 g/mol. The molecule has 18 heavy (non-hydrogen) atoms. The van der Waals surface area contributed by atoms with E-state index in [4.69, 9.17) is 21.1 Å². The van der Waals surface area contributed by atoms with Gasteiger partial charge in [-0.2, -0.15) is 0 Å². The van der Waals surface area contributed by atoms with Crippen molar-refractivity contribution in [1.82, 2.24) is 0 Å². The average molecular weight is 340 g/mol. The zero-order valence-corrected chi connectivity index (χ0v) is 12.0. The number of rotatable bonds is 4. The molecule has 3 atom stereocenters. The fourth-order valence-electron chi connectivity index (χ4n) is 1.84. The Hall–Kier alpha value is -0.360. The molecule has 6 heteroatoms. The van der Waals surface area contributed by atoms with Crippen LogP contribution < -0.4 is 4.74 Å². The third-order valence-electron chi connectivity index (χ3n) is 2.83. The van der Waals surface area contributed by atoms with Gasteiger partial charge in [0.2, 0.25) is 0 Å². The summed E-state index contributed by atoms with van der Waals surface area (Å²) in [6.07, 6.45) is -0.676. The maximum atomic E-state index is 13.3. The van der Waals surface area contributed by atoms with Gasteiger partial charge in [-0.05, 0) is 28.9 Å². The summed E-state index contributed by atoms with van der Waals surface area (Å²) in [6.45, 7) is 2.34. The summed E-state index contributed by atoms with van der Waals surface area (Å²) < 4.78 is 24.9. The van der Waals surface area contributed by atoms with Gasteiger partial charge in [0, 0.05) is 19.1 Å². The second-order valence-corrected chi connectivity index (χ2v) is 5.34. The number of hydrogen-bond donors (Lipinski definition) is 1. The van der Waals surface area contributed by atoms with Gasteiger partial charge in [0.25, 0.3) is 0 Å². The molecule has 0 bridgehead atoms. The first-order valence-corrected chi connectivity index (χ1v) is 6.81. The summed E-state index contributed by atoms with van der Waals surface area (Å²) in [6, 6.07) is 2.66. The highest BCUT2D eigenvalue weighted by Gasteiger charge is 2.43. The van der Waals surface area contributed by atoms with Gasteiger partial charge in [-0.3, -0.25) is 0 Å². The number of ether oxygens (including phenoxy) is 2. The van der Waals surface area contributed by atoms with Crippen molar-refractivity contribution in [1.29, 1.82) is 0 Å². The Morgan fingerprint density at radius 1 is 1.56 bits per heavy atom. The zero-order chi connectivity index (χ0) is 13.3. The van der Waals surface area contributed by atoms with Crippen LogP contribution in [0, 0.1) is 5.82 Å². The lowest BCUT2D eigenvalue weighted by molar-refractivity contribution is -0.160. The molecule has 1 aromatic carbocycles. The van der Waals surface area contributed by atoms with Crippen molar-refractivity contribution in [3.05, 3.63) is 27.4 Å². The van der Waals surface area contributed by atoms with Crippen LogP contribution in [0.5, 0.6) is 5.75 Å². The molecule has 0 aromatic heterocycles. The van der Waals surface area contributed by atoms with Crippen molar-refractivity contribution in [3.8, 4) is 5.75 Å². The van der Waals surface area contributed by atoms with Gasteiger partial charge in [0.15, 0.2) is 0 Å². The maximum absolute atomic E-state index is 13.3. The predicted octanol–water partition coefficient (Wildman–Crippen LogP) is 3.16. The molecule has 1 aliphatic rings. The van der Waals surface area contributed by atoms with Gasteiger partial charge < -0.3 is 14.6 Å². The molecule has 1 aromatic rings. The highest BCUT2D eigenvalue weighted by Crippen LogP contribution is 2.35. The highest BCUT2D eigenvalue weighted by molar-refractivity contribution is 9.10. The maximum Gasteiger partial charge on any atom is 0.145 e. The third kappa shape index (κ3) is 2.79. The fraction of sp³-hybridized carbons (Fsp3) is 0.500. The highest BCUT2D eigenvalue weighted by atomic mass is 79.9. The summed E-state index contributed by atoms with van der Waals surface area (Å²) >= 11 is 8.90. The molecule has 100 valence electrons. The number of aliphatic hydroxyl groups is 1. The molecule has 0 heterocycles. The SMILES string of the molecule is CCOC1C(O)CC1Oc1cc(F)c(Cl)cc1Br. The van der Waals surface area contributed by atoms with Gasteiger partial charge in [-0.1, -0.05) is 11.6 Å². The van der Waals surface area contributed by atoms with Crippen molar-refractivity contribution >= 4 is 27.5 Å². The summed E-state index contributed by atoms with van der Waals surface area (Å²) in [4.78, 5) is 0. The first-order valence-electron chi connectivity index (χ1n) is 5.63. The standard InChI is InChI=1S/C12H13BrClFO3/c1-2-17-12-9(16)5-11(12)18-10-4-8(15)7(14)3-6(10)13/h3-4,9,11-12,16H,2,5H2,1H3. The molecule has 1 fully saturated rings. The number of halogens is 3. The lowest BCUT2D eigenvalue weighted by Gasteiger charge is -2.40. The van der Waals surface area contributed by atoms with E-state index in [0.29, 0.717) is 23.2 Å². The Balaban J connectivity index is 2.08. The minimum absolute atomic E-state index is 0.0317. The second-order valence-electron chi connectivity index (χ2n) is 4.08. The van der Waals surface area contributed by atoms with Gasteiger partial charge in [-0.25, -0.2) is 4.39 Å². The molecule has 0 amide bonds. The molecular formula is C12H13BrClFO3. The topological polar surface area (TPSA) is 38.7 Å². The largest absolute Gasteiger partial charge is 0.486 e. The van der Waals surface area contributed by atoms with Crippen LogP contribution in [-0.4, -0.2) is 30.0 Å². The fourth-order valence-corrected chi connectivity index (χ4v) is 2.57. The molecule has 0 saturated heterocycles. The molecule has 3 unspecified atom stereocenters. The first kappa shape index (κ1) is 14.1. The molecule has 1 N–H and O–H groups in total. The van der Waals surface area contributed by atoms with Crippen LogP contribution in [0.1, 0.15) is 13.3 Å². The Morgan fingerprint density at radius 2 is 2.28 bits per heavy atom. The van der Waals surface area contributed by atoms with Crippen molar-refractivity contribution in [2.24, 2.45) is 0 Å². The van der Waals surface area contributed by atoms with E-state index in [1.165, 1.54) is 12.1 Å². The van der Waals surface area contributed by atoms with Crippen LogP contribution >= 0.6 is 27.5 Å². The van der Waals surface area contributed by atoms with E-state index in [9.17, 15) is 9.50 Å². The van der Waals surface area contributed by atoms with Crippen molar-refractivity contribution < 1.29 is 19.0 Å². The summed E-state index contributed by atoms with van der Waals surface area (Å²) in [5, 5.41) is 9.58. The Morgan fingerprint density at radius 3 is 2.89 bits per heavy atom. The van der Waals surface area contributed by atoms with E-state index in [-0.39, 0.29) is 17.2 Å². The van der Waals surface area contributed by atoms with E-state index in [2.05, 4.69) is 15.9 Å². The second kappa shape index (κ2) is 5.74. The van der Waals surface area contributed by atoms with Crippen LogP contribution in [0.4, 0.5) is 4.39 Å². The van der Waals surface area contributed by atoms with Crippen LogP contribution in [-0.2, 0) is 4.74 Å². The number of hydrogen-bond acceptors (Lipinski definition) is 3. The van der Waals surface area contributed by atoms with Crippen molar-refractivity contribution in [2.45, 2.75) is 31.7 Å². The van der Waals surface area contributed by atoms with E-state index in [1.54, 1.807) is 0 Å². The lowest BCUT2D eigenvalue weighted by Crippen LogP contribution is -2.55. The van der Waals surface area contributed by atoms with E-state index < -0.39 is 11.9 Å². The van der Waals surface area contributed by atoms with Gasteiger partial charge >= 0.3 is 0 Å². The summed E-state index contributed by atoms with van der Waals surface area (Å²) in [5.74, 6) is -0.179. The Bertz CT molecular complexity index is 444. The first-order chi connectivity index (χ1) is 8.52. The zero-order valence-electron chi connectivity index (χ0n) is 9.70. The van der Waals surface area contributed by atoms with Crippen LogP contribution in [0.15, 0.2) is 16.6 Å². The third-order valence-corrected chi connectivity index (χ3v) is 3.74. The monoisotopic (exact) mass is 338 g/mol. The van der Waals surface area contributed by atoms with Gasteiger partial charge in [-0.15, -0.1) is 0 Å². The number of aliphatic hydroxyl groups excluding tert-OH is 1. The molecule has 0 spiro atoms. The van der Waals surface area contributed by atoms with Crippen molar-refractivity contribution in [2.75, 3.05) is 6.61 Å². The van der Waals surface area contributed by atoms with E-state index in [1.807, 2.05) is 6.92 Å². The van der Waals surface area contributed by atoms with Gasteiger partial charge in [0.05, 0.1) is 15.6 Å². The van der Waals surface area contributed by atoms with E-state index >= 15 is 0 Å². The van der Waals surface area contributed by atoms with Crippen LogP contribution in [0.25, 0.3) is 0 Å². The minimum Gasteiger partial charge on any atom is -0.486 e. The lowest BCUT2D eigenvalue weighted by atomic mass is 9.88. The Labute approximate surface area is 118 Å². The smallest absolute Gasteiger partial charge is 0.145 e. The summed E-state index contributed by atoms with van der Waals surface area (Å²) in [7, 11) is 0. The Kier molecular flexibility index (Phi) is 4.48. The molecule has 1 aliphatic carbocycles. The quantitative estimate of drug-likeness (QED) is 0.857. The molecule has 2 rings (SSSR count). The summed E-state index contributed by atoms with van der Waals surface area (Å²) in [5.41, 5.74) is 0. The van der Waals surface area contributed by atoms with Crippen molar-refractivity contribution in [3.63, 3.8) is 0 Å². The predicted molar refractivity (Wildman–Crippen MR) is 69.6 cm³/mol. The molecule has 3 nitrogen and oxygen atoms in total. The normalized spacial score (nSPS) is 26.8. The minimum atomic E-state index is -0.539. The molecule has 1 saturated carbocycles. The molecule has 0 radical (unpaired) electrons. The van der Waals surface area contributed by atoms with E-state index in [0.717, 1.165) is 0 Å².